The van der Waals surface area contributed by atoms with E-state index in [9.17, 15) is 4.79 Å². The predicted octanol–water partition coefficient (Wildman–Crippen LogP) is 3.76. The zero-order chi connectivity index (χ0) is 21.6. The van der Waals surface area contributed by atoms with Crippen LogP contribution < -0.4 is 10.1 Å². The number of rotatable bonds is 8. The van der Waals surface area contributed by atoms with Crippen LogP contribution in [0.25, 0.3) is 17.1 Å². The van der Waals surface area contributed by atoms with Crippen molar-refractivity contribution in [3.8, 4) is 22.8 Å². The van der Waals surface area contributed by atoms with Gasteiger partial charge in [-0.25, -0.2) is 0 Å². The summed E-state index contributed by atoms with van der Waals surface area (Å²) >= 11 is 1.27. The summed E-state index contributed by atoms with van der Waals surface area (Å²) < 4.78 is 12.4. The summed E-state index contributed by atoms with van der Waals surface area (Å²) in [4.78, 5) is 16.5. The van der Waals surface area contributed by atoms with Crippen LogP contribution in [0.5, 0.6) is 5.75 Å². The first kappa shape index (κ1) is 20.6. The minimum absolute atomic E-state index is 0.133. The molecule has 0 unspecified atom stereocenters. The van der Waals surface area contributed by atoms with Gasteiger partial charge >= 0.3 is 0 Å². The Bertz CT molecular complexity index is 1160. The second kappa shape index (κ2) is 9.43. The van der Waals surface area contributed by atoms with Crippen LogP contribution in [-0.4, -0.2) is 43.2 Å². The molecule has 0 atom stereocenters. The Balaban J connectivity index is 1.59. The molecule has 4 rings (SSSR count). The number of pyridine rings is 1. The molecule has 0 aliphatic carbocycles. The van der Waals surface area contributed by atoms with Gasteiger partial charge in [-0.3, -0.25) is 14.3 Å². The van der Waals surface area contributed by atoms with Gasteiger partial charge in [0.2, 0.25) is 5.91 Å². The van der Waals surface area contributed by atoms with Crippen molar-refractivity contribution in [3.63, 3.8) is 0 Å². The third kappa shape index (κ3) is 4.92. The molecule has 31 heavy (non-hydrogen) atoms. The minimum Gasteiger partial charge on any atom is -0.494 e. The van der Waals surface area contributed by atoms with E-state index in [4.69, 9.17) is 9.26 Å². The molecule has 0 saturated carbocycles. The van der Waals surface area contributed by atoms with Crippen molar-refractivity contribution >= 4 is 23.5 Å². The summed E-state index contributed by atoms with van der Waals surface area (Å²) in [5, 5.41) is 15.7. The van der Waals surface area contributed by atoms with E-state index in [1.54, 1.807) is 25.4 Å². The topological polar surface area (TPSA) is 108 Å². The largest absolute Gasteiger partial charge is 0.494 e. The number of hydrogen-bond donors (Lipinski definition) is 1. The molecule has 0 fully saturated rings. The highest BCUT2D eigenvalue weighted by Gasteiger charge is 2.18. The van der Waals surface area contributed by atoms with Crippen LogP contribution in [0.15, 0.2) is 64.5 Å². The lowest BCUT2D eigenvalue weighted by atomic mass is 10.2. The third-order valence-electron chi connectivity index (χ3n) is 4.19. The van der Waals surface area contributed by atoms with Gasteiger partial charge in [0.25, 0.3) is 0 Å². The first-order valence-corrected chi connectivity index (χ1v) is 10.6. The maximum Gasteiger partial charge on any atom is 0.236 e. The third-order valence-corrected chi connectivity index (χ3v) is 5.12. The van der Waals surface area contributed by atoms with Crippen molar-refractivity contribution in [1.82, 2.24) is 24.9 Å². The van der Waals surface area contributed by atoms with Crippen LogP contribution in [0.3, 0.4) is 0 Å². The van der Waals surface area contributed by atoms with E-state index in [-0.39, 0.29) is 11.7 Å². The van der Waals surface area contributed by atoms with Gasteiger partial charge in [-0.15, -0.1) is 10.2 Å². The summed E-state index contributed by atoms with van der Waals surface area (Å²) in [6.45, 7) is 4.29. The van der Waals surface area contributed by atoms with Gasteiger partial charge < -0.3 is 14.6 Å². The first-order chi connectivity index (χ1) is 15.1. The molecule has 0 bridgehead atoms. The van der Waals surface area contributed by atoms with Crippen molar-refractivity contribution in [2.75, 3.05) is 17.7 Å². The average molecular weight is 436 g/mol. The molecule has 0 spiro atoms. The molecule has 0 radical (unpaired) electrons. The van der Waals surface area contributed by atoms with E-state index in [2.05, 4.69) is 25.7 Å². The van der Waals surface area contributed by atoms with Gasteiger partial charge in [-0.1, -0.05) is 16.9 Å². The molecule has 0 saturated heterocycles. The Morgan fingerprint density at radius 2 is 2.06 bits per heavy atom. The van der Waals surface area contributed by atoms with E-state index in [1.807, 2.05) is 47.9 Å². The molecule has 1 amide bonds. The molecule has 4 aromatic rings. The fourth-order valence-corrected chi connectivity index (χ4v) is 3.62. The molecule has 1 aromatic carbocycles. The molecular formula is C21H20N6O3S. The first-order valence-electron chi connectivity index (χ1n) is 9.59. The lowest BCUT2D eigenvalue weighted by Gasteiger charge is -2.11. The van der Waals surface area contributed by atoms with E-state index in [0.29, 0.717) is 29.2 Å². The Morgan fingerprint density at radius 1 is 1.23 bits per heavy atom. The minimum atomic E-state index is -0.220. The van der Waals surface area contributed by atoms with E-state index >= 15 is 0 Å². The number of amides is 1. The van der Waals surface area contributed by atoms with Crippen LogP contribution in [-0.2, 0) is 4.79 Å². The number of hydrogen-bond acceptors (Lipinski definition) is 8. The molecule has 3 heterocycles. The van der Waals surface area contributed by atoms with Crippen molar-refractivity contribution in [1.29, 1.82) is 0 Å². The maximum atomic E-state index is 12.3. The molecule has 158 valence electrons. The number of aromatic nitrogens is 5. The van der Waals surface area contributed by atoms with Crippen molar-refractivity contribution in [2.45, 2.75) is 19.0 Å². The number of ether oxygens (including phenoxy) is 1. The molecule has 1 N–H and O–H groups in total. The van der Waals surface area contributed by atoms with E-state index in [0.717, 1.165) is 17.0 Å². The van der Waals surface area contributed by atoms with Crippen molar-refractivity contribution < 1.29 is 14.1 Å². The van der Waals surface area contributed by atoms with Crippen LogP contribution in [0, 0.1) is 6.92 Å². The number of benzene rings is 1. The molecule has 9 nitrogen and oxygen atoms in total. The molecule has 10 heteroatoms. The van der Waals surface area contributed by atoms with Crippen LogP contribution in [0.2, 0.25) is 0 Å². The lowest BCUT2D eigenvalue weighted by molar-refractivity contribution is -0.113. The molecule has 0 aliphatic rings. The molecule has 0 aliphatic heterocycles. The predicted molar refractivity (Wildman–Crippen MR) is 116 cm³/mol. The zero-order valence-corrected chi connectivity index (χ0v) is 17.8. The summed E-state index contributed by atoms with van der Waals surface area (Å²) in [5.74, 6) is 2.33. The van der Waals surface area contributed by atoms with E-state index in [1.165, 1.54) is 11.8 Å². The number of carbonyl (C=O) groups excluding carboxylic acids is 1. The van der Waals surface area contributed by atoms with Crippen molar-refractivity contribution in [2.24, 2.45) is 0 Å². The van der Waals surface area contributed by atoms with Gasteiger partial charge in [0.1, 0.15) is 11.5 Å². The second-order valence-corrected chi connectivity index (χ2v) is 7.41. The summed E-state index contributed by atoms with van der Waals surface area (Å²) in [6, 6.07) is 13.0. The SMILES string of the molecule is CCOc1ccc(-n2c(SCC(=O)Nc3cc(C)on3)nnc2-c2cccnc2)cc1. The van der Waals surface area contributed by atoms with Crippen molar-refractivity contribution in [3.05, 3.63) is 60.6 Å². The lowest BCUT2D eigenvalue weighted by Crippen LogP contribution is -2.14. The Kier molecular flexibility index (Phi) is 6.27. The number of carbonyl (C=O) groups is 1. The molecule has 3 aromatic heterocycles. The highest BCUT2D eigenvalue weighted by molar-refractivity contribution is 7.99. The normalized spacial score (nSPS) is 10.8. The number of nitrogens with one attached hydrogen (secondary N) is 1. The second-order valence-electron chi connectivity index (χ2n) is 6.47. The Hall–Kier alpha value is -3.66. The van der Waals surface area contributed by atoms with Gasteiger partial charge in [0.05, 0.1) is 12.4 Å². The smallest absolute Gasteiger partial charge is 0.236 e. The van der Waals surface area contributed by atoms with Gasteiger partial charge in [-0.2, -0.15) is 0 Å². The van der Waals surface area contributed by atoms with Gasteiger partial charge in [0.15, 0.2) is 16.8 Å². The van der Waals surface area contributed by atoms with E-state index < -0.39 is 0 Å². The number of aryl methyl sites for hydroxylation is 1. The summed E-state index contributed by atoms with van der Waals surface area (Å²) in [7, 11) is 0. The Labute approximate surface area is 182 Å². The fraction of sp³-hybridized carbons (Fsp3) is 0.190. The van der Waals surface area contributed by atoms with Crippen LogP contribution >= 0.6 is 11.8 Å². The van der Waals surface area contributed by atoms with Gasteiger partial charge in [-0.05, 0) is 50.2 Å². The quantitative estimate of drug-likeness (QED) is 0.416. The average Bonchev–Trinajstić information content (AvgIpc) is 3.39. The Morgan fingerprint density at radius 3 is 2.74 bits per heavy atom. The maximum absolute atomic E-state index is 12.3. The standard InChI is InChI=1S/C21H20N6O3S/c1-3-29-17-8-6-16(7-9-17)27-20(15-5-4-10-22-12-15)24-25-21(27)31-13-19(28)23-18-11-14(2)30-26-18/h4-12H,3,13H2,1-2H3,(H,23,26,28). The summed E-state index contributed by atoms with van der Waals surface area (Å²) in [6.07, 6.45) is 3.43. The fourth-order valence-electron chi connectivity index (χ4n) is 2.87. The highest BCUT2D eigenvalue weighted by atomic mass is 32.2. The van der Waals surface area contributed by atoms with Gasteiger partial charge in [0, 0.05) is 29.7 Å². The van der Waals surface area contributed by atoms with Crippen LogP contribution in [0.4, 0.5) is 5.82 Å². The zero-order valence-electron chi connectivity index (χ0n) is 17.0. The number of thioether (sulfide) groups is 1. The highest BCUT2D eigenvalue weighted by Crippen LogP contribution is 2.28. The monoisotopic (exact) mass is 436 g/mol. The van der Waals surface area contributed by atoms with Crippen LogP contribution in [0.1, 0.15) is 12.7 Å². The molecular weight excluding hydrogens is 416 g/mol. The number of anilines is 1. The summed E-state index contributed by atoms with van der Waals surface area (Å²) in [5.41, 5.74) is 1.67. The number of nitrogens with zero attached hydrogens (tertiary/aromatic N) is 5.